The molecule has 1 saturated carbocycles. The molecule has 0 bridgehead atoms. The van der Waals surface area contributed by atoms with Crippen LogP contribution in [0.5, 0.6) is 0 Å². The Balaban J connectivity index is 2.16. The molecule has 0 aromatic heterocycles. The van der Waals surface area contributed by atoms with E-state index in [2.05, 4.69) is 26.1 Å². The van der Waals surface area contributed by atoms with Crippen molar-refractivity contribution in [2.75, 3.05) is 13.1 Å². The van der Waals surface area contributed by atoms with E-state index in [1.54, 1.807) is 0 Å². The van der Waals surface area contributed by atoms with Crippen molar-refractivity contribution in [2.24, 2.45) is 5.41 Å². The summed E-state index contributed by atoms with van der Waals surface area (Å²) in [4.78, 5) is 11.5. The van der Waals surface area contributed by atoms with Gasteiger partial charge in [0.1, 0.15) is 6.10 Å². The lowest BCUT2D eigenvalue weighted by Gasteiger charge is -2.33. The van der Waals surface area contributed by atoms with Crippen molar-refractivity contribution in [3.8, 4) is 0 Å². The van der Waals surface area contributed by atoms with Gasteiger partial charge in [-0.15, -0.1) is 0 Å². The Labute approximate surface area is 98.9 Å². The number of hydrogen-bond donors (Lipinski definition) is 1. The van der Waals surface area contributed by atoms with Crippen molar-refractivity contribution >= 4 is 5.97 Å². The van der Waals surface area contributed by atoms with E-state index in [0.29, 0.717) is 12.0 Å². The number of nitrogens with one attached hydrogen (secondary N) is 1. The molecule has 1 rings (SSSR count). The maximum atomic E-state index is 11.5. The SMILES string of the molecule is CCCNCC(=O)OC1CCC(C)(C)CC1. The second-order valence-electron chi connectivity index (χ2n) is 5.53. The second kappa shape index (κ2) is 6.24. The summed E-state index contributed by atoms with van der Waals surface area (Å²) in [6, 6.07) is 0. The highest BCUT2D eigenvalue weighted by molar-refractivity contribution is 5.71. The van der Waals surface area contributed by atoms with Crippen molar-refractivity contribution in [3.05, 3.63) is 0 Å². The van der Waals surface area contributed by atoms with E-state index in [9.17, 15) is 4.79 Å². The summed E-state index contributed by atoms with van der Waals surface area (Å²) in [5.41, 5.74) is 0.434. The van der Waals surface area contributed by atoms with E-state index in [0.717, 1.165) is 38.6 Å². The summed E-state index contributed by atoms with van der Waals surface area (Å²) >= 11 is 0. The largest absolute Gasteiger partial charge is 0.461 e. The first-order valence-corrected chi connectivity index (χ1v) is 6.44. The summed E-state index contributed by atoms with van der Waals surface area (Å²) in [5.74, 6) is -0.0989. The van der Waals surface area contributed by atoms with Crippen LogP contribution >= 0.6 is 0 Å². The lowest BCUT2D eigenvalue weighted by Crippen LogP contribution is -2.32. The minimum atomic E-state index is -0.0989. The summed E-state index contributed by atoms with van der Waals surface area (Å²) in [6.07, 6.45) is 5.56. The first kappa shape index (κ1) is 13.5. The van der Waals surface area contributed by atoms with Crippen LogP contribution in [0.3, 0.4) is 0 Å². The van der Waals surface area contributed by atoms with Crippen LogP contribution < -0.4 is 5.32 Å². The Morgan fingerprint density at radius 2 is 2.00 bits per heavy atom. The standard InChI is InChI=1S/C13H25NO2/c1-4-9-14-10-12(15)16-11-5-7-13(2,3)8-6-11/h11,14H,4-10H2,1-3H3. The van der Waals surface area contributed by atoms with Gasteiger partial charge in [0.15, 0.2) is 0 Å². The number of esters is 1. The first-order chi connectivity index (χ1) is 7.53. The highest BCUT2D eigenvalue weighted by Crippen LogP contribution is 2.36. The number of carbonyl (C=O) groups is 1. The van der Waals surface area contributed by atoms with Crippen LogP contribution in [0, 0.1) is 5.41 Å². The monoisotopic (exact) mass is 227 g/mol. The van der Waals surface area contributed by atoms with E-state index < -0.39 is 0 Å². The van der Waals surface area contributed by atoms with E-state index in [4.69, 9.17) is 4.74 Å². The Bertz CT molecular complexity index is 216. The molecule has 0 aromatic rings. The van der Waals surface area contributed by atoms with Crippen LogP contribution in [-0.4, -0.2) is 25.2 Å². The molecule has 0 atom stereocenters. The van der Waals surface area contributed by atoms with Crippen molar-refractivity contribution in [1.29, 1.82) is 0 Å². The van der Waals surface area contributed by atoms with Crippen LogP contribution in [0.4, 0.5) is 0 Å². The maximum absolute atomic E-state index is 11.5. The van der Waals surface area contributed by atoms with E-state index in [1.807, 2.05) is 0 Å². The smallest absolute Gasteiger partial charge is 0.320 e. The maximum Gasteiger partial charge on any atom is 0.320 e. The van der Waals surface area contributed by atoms with E-state index in [-0.39, 0.29) is 12.1 Å². The van der Waals surface area contributed by atoms with Crippen LogP contribution in [-0.2, 0) is 9.53 Å². The van der Waals surface area contributed by atoms with E-state index in [1.165, 1.54) is 0 Å². The van der Waals surface area contributed by atoms with Gasteiger partial charge in [-0.25, -0.2) is 0 Å². The lowest BCUT2D eigenvalue weighted by atomic mass is 9.76. The average molecular weight is 227 g/mol. The summed E-state index contributed by atoms with van der Waals surface area (Å²) in [6.45, 7) is 7.89. The number of carbonyl (C=O) groups excluding carboxylic acids is 1. The minimum absolute atomic E-state index is 0.0989. The van der Waals surface area contributed by atoms with Crippen molar-refractivity contribution in [2.45, 2.75) is 59.0 Å². The number of hydrogen-bond acceptors (Lipinski definition) is 3. The predicted octanol–water partition coefficient (Wildman–Crippen LogP) is 2.50. The third-order valence-electron chi connectivity index (χ3n) is 3.28. The van der Waals surface area contributed by atoms with Gasteiger partial charge in [0, 0.05) is 0 Å². The predicted molar refractivity (Wildman–Crippen MR) is 65.3 cm³/mol. The van der Waals surface area contributed by atoms with E-state index >= 15 is 0 Å². The molecule has 94 valence electrons. The molecule has 1 fully saturated rings. The molecule has 0 saturated heterocycles. The fourth-order valence-electron chi connectivity index (χ4n) is 2.09. The molecule has 0 unspecified atom stereocenters. The Hall–Kier alpha value is -0.570. The molecule has 16 heavy (non-hydrogen) atoms. The Kier molecular flexibility index (Phi) is 5.26. The Morgan fingerprint density at radius 1 is 1.38 bits per heavy atom. The van der Waals surface area contributed by atoms with Gasteiger partial charge < -0.3 is 10.1 Å². The van der Waals surface area contributed by atoms with Crippen LogP contribution in [0.25, 0.3) is 0 Å². The molecule has 3 nitrogen and oxygen atoms in total. The van der Waals surface area contributed by atoms with Gasteiger partial charge in [-0.2, -0.15) is 0 Å². The van der Waals surface area contributed by atoms with Gasteiger partial charge >= 0.3 is 5.97 Å². The molecular weight excluding hydrogens is 202 g/mol. The molecule has 0 aromatic carbocycles. The quantitative estimate of drug-likeness (QED) is 0.579. The van der Waals surface area contributed by atoms with Gasteiger partial charge in [-0.05, 0) is 44.1 Å². The molecule has 0 spiro atoms. The van der Waals surface area contributed by atoms with Gasteiger partial charge in [0.2, 0.25) is 0 Å². The molecule has 0 heterocycles. The molecule has 1 aliphatic rings. The van der Waals surface area contributed by atoms with Crippen LogP contribution in [0.1, 0.15) is 52.9 Å². The number of rotatable bonds is 5. The van der Waals surface area contributed by atoms with Crippen molar-refractivity contribution < 1.29 is 9.53 Å². The molecule has 0 aliphatic heterocycles. The van der Waals surface area contributed by atoms with Gasteiger partial charge in [-0.3, -0.25) is 4.79 Å². The molecule has 1 aliphatic carbocycles. The Morgan fingerprint density at radius 3 is 2.56 bits per heavy atom. The zero-order valence-electron chi connectivity index (χ0n) is 10.8. The summed E-state index contributed by atoms with van der Waals surface area (Å²) < 4.78 is 5.43. The van der Waals surface area contributed by atoms with Crippen molar-refractivity contribution in [1.82, 2.24) is 5.32 Å². The van der Waals surface area contributed by atoms with Crippen molar-refractivity contribution in [3.63, 3.8) is 0 Å². The molecule has 0 amide bonds. The highest BCUT2D eigenvalue weighted by atomic mass is 16.5. The molecule has 0 radical (unpaired) electrons. The summed E-state index contributed by atoms with van der Waals surface area (Å²) in [5, 5.41) is 3.07. The lowest BCUT2D eigenvalue weighted by molar-refractivity contribution is -0.150. The second-order valence-corrected chi connectivity index (χ2v) is 5.53. The normalized spacial score (nSPS) is 20.7. The zero-order chi connectivity index (χ0) is 12.0. The zero-order valence-corrected chi connectivity index (χ0v) is 10.8. The van der Waals surface area contributed by atoms with Gasteiger partial charge in [0.25, 0.3) is 0 Å². The highest BCUT2D eigenvalue weighted by Gasteiger charge is 2.28. The fraction of sp³-hybridized carbons (Fsp3) is 0.923. The van der Waals surface area contributed by atoms with Gasteiger partial charge in [-0.1, -0.05) is 20.8 Å². The fourth-order valence-corrected chi connectivity index (χ4v) is 2.09. The average Bonchev–Trinajstić information content (AvgIpc) is 2.22. The molecular formula is C13H25NO2. The minimum Gasteiger partial charge on any atom is -0.461 e. The molecule has 1 N–H and O–H groups in total. The van der Waals surface area contributed by atoms with Crippen LogP contribution in [0.15, 0.2) is 0 Å². The molecule has 3 heteroatoms. The first-order valence-electron chi connectivity index (χ1n) is 6.44. The van der Waals surface area contributed by atoms with Crippen LogP contribution in [0.2, 0.25) is 0 Å². The topological polar surface area (TPSA) is 38.3 Å². The summed E-state index contributed by atoms with van der Waals surface area (Å²) in [7, 11) is 0. The van der Waals surface area contributed by atoms with Gasteiger partial charge in [0.05, 0.1) is 6.54 Å². The number of ether oxygens (including phenoxy) is 1. The third kappa shape index (κ3) is 4.97. The third-order valence-corrected chi connectivity index (χ3v) is 3.28.